The molecule has 0 atom stereocenters. The number of nitrogens with zero attached hydrogens (tertiary/aromatic N) is 4. The number of rotatable bonds is 7. The molecule has 2 aromatic heterocycles. The van der Waals surface area contributed by atoms with Gasteiger partial charge in [-0.25, -0.2) is 4.98 Å². The molecule has 1 fully saturated rings. The number of carbonyl (C=O) groups excluding carboxylic acids is 1. The summed E-state index contributed by atoms with van der Waals surface area (Å²) in [5.74, 6) is 0.473. The van der Waals surface area contributed by atoms with Crippen LogP contribution < -0.4 is 0 Å². The first kappa shape index (κ1) is 22.7. The lowest BCUT2D eigenvalue weighted by Gasteiger charge is -2.36. The lowest BCUT2D eigenvalue weighted by Crippen LogP contribution is -2.54. The second-order valence-electron chi connectivity index (χ2n) is 7.32. The largest absolute Gasteiger partial charge is 0.462 e. The van der Waals surface area contributed by atoms with E-state index in [0.717, 1.165) is 5.56 Å². The Kier molecular flexibility index (Phi) is 6.75. The van der Waals surface area contributed by atoms with Crippen molar-refractivity contribution in [1.82, 2.24) is 18.5 Å². The zero-order valence-corrected chi connectivity index (χ0v) is 19.7. The third-order valence-corrected chi connectivity index (χ3v) is 8.73. The molecule has 170 valence electrons. The van der Waals surface area contributed by atoms with Gasteiger partial charge in [0.2, 0.25) is 0 Å². The Bertz CT molecular complexity index is 1150. The third-order valence-electron chi connectivity index (χ3n) is 5.48. The van der Waals surface area contributed by atoms with E-state index < -0.39 is 10.2 Å². The molecule has 0 unspecified atom stereocenters. The molecule has 0 N–H and O–H groups in total. The van der Waals surface area contributed by atoms with Gasteiger partial charge in [0.15, 0.2) is 10.8 Å². The molecule has 0 saturated carbocycles. The summed E-state index contributed by atoms with van der Waals surface area (Å²) in [5.41, 5.74) is 1.47. The lowest BCUT2D eigenvalue weighted by molar-refractivity contribution is 0.0699. The summed E-state index contributed by atoms with van der Waals surface area (Å²) in [5, 5.41) is 0.639. The maximum atomic E-state index is 13.5. The van der Waals surface area contributed by atoms with Gasteiger partial charge in [0.25, 0.3) is 16.1 Å². The minimum absolute atomic E-state index is 0.140. The highest BCUT2D eigenvalue weighted by molar-refractivity contribution is 7.86. The normalized spacial score (nSPS) is 15.4. The van der Waals surface area contributed by atoms with Crippen molar-refractivity contribution >= 4 is 27.5 Å². The Balaban J connectivity index is 1.58. The summed E-state index contributed by atoms with van der Waals surface area (Å²) in [6.07, 6.45) is 1.58. The smallest absolute Gasteiger partial charge is 0.282 e. The topological polar surface area (TPSA) is 87.0 Å². The van der Waals surface area contributed by atoms with E-state index in [4.69, 9.17) is 9.40 Å². The molecule has 4 rings (SSSR count). The molecule has 1 aromatic carbocycles. The Morgan fingerprint density at radius 1 is 1.06 bits per heavy atom. The number of hydrogen-bond acceptors (Lipinski definition) is 6. The quantitative estimate of drug-likeness (QED) is 0.524. The van der Waals surface area contributed by atoms with Crippen LogP contribution in [0.2, 0.25) is 0 Å². The molecule has 0 aliphatic carbocycles. The van der Waals surface area contributed by atoms with Crippen LogP contribution in [0.5, 0.6) is 0 Å². The molecule has 1 aliphatic rings. The summed E-state index contributed by atoms with van der Waals surface area (Å²) in [7, 11) is -3.51. The van der Waals surface area contributed by atoms with Gasteiger partial charge in [-0.1, -0.05) is 44.2 Å². The van der Waals surface area contributed by atoms with Crippen molar-refractivity contribution in [2.75, 3.05) is 39.3 Å². The van der Waals surface area contributed by atoms with Gasteiger partial charge in [0.1, 0.15) is 4.88 Å². The Morgan fingerprint density at radius 2 is 1.75 bits per heavy atom. The van der Waals surface area contributed by atoms with Crippen LogP contribution in [0.4, 0.5) is 0 Å². The predicted octanol–water partition coefficient (Wildman–Crippen LogP) is 3.41. The molecular formula is C22H26N4O4S2. The van der Waals surface area contributed by atoms with Crippen LogP contribution in [0.25, 0.3) is 22.0 Å². The van der Waals surface area contributed by atoms with E-state index >= 15 is 0 Å². The molecule has 1 amide bonds. The second-order valence-corrected chi connectivity index (χ2v) is 10.3. The zero-order chi connectivity index (χ0) is 22.7. The Labute approximate surface area is 192 Å². The van der Waals surface area contributed by atoms with Crippen molar-refractivity contribution in [2.24, 2.45) is 0 Å². The van der Waals surface area contributed by atoms with Crippen LogP contribution in [0.1, 0.15) is 23.5 Å². The summed E-state index contributed by atoms with van der Waals surface area (Å²) in [6, 6.07) is 13.2. The highest BCUT2D eigenvalue weighted by Gasteiger charge is 2.34. The maximum Gasteiger partial charge on any atom is 0.282 e. The monoisotopic (exact) mass is 474 g/mol. The summed E-state index contributed by atoms with van der Waals surface area (Å²) < 4.78 is 34.0. The van der Waals surface area contributed by atoms with E-state index in [2.05, 4.69) is 0 Å². The van der Waals surface area contributed by atoms with Crippen LogP contribution >= 0.6 is 11.3 Å². The molecule has 0 radical (unpaired) electrons. The molecule has 0 spiro atoms. The van der Waals surface area contributed by atoms with Crippen molar-refractivity contribution in [3.63, 3.8) is 0 Å². The first-order valence-electron chi connectivity index (χ1n) is 10.6. The standard InChI is InChI=1S/C22H26N4O4S2/c1-3-25(4-2)32(28,29)26-14-12-24(13-15-26)22(27)20-19(17-9-6-5-7-10-17)23-21(31-20)18-11-8-16-30-18/h5-11,16H,3-4,12-15H2,1-2H3. The van der Waals surface area contributed by atoms with Gasteiger partial charge in [-0.05, 0) is 12.1 Å². The van der Waals surface area contributed by atoms with E-state index in [1.54, 1.807) is 17.2 Å². The van der Waals surface area contributed by atoms with E-state index in [1.165, 1.54) is 19.9 Å². The van der Waals surface area contributed by atoms with Gasteiger partial charge in [0, 0.05) is 44.8 Å². The van der Waals surface area contributed by atoms with Gasteiger partial charge >= 0.3 is 0 Å². The van der Waals surface area contributed by atoms with E-state index in [-0.39, 0.29) is 19.0 Å². The molecule has 8 nitrogen and oxygen atoms in total. The molecule has 3 aromatic rings. The van der Waals surface area contributed by atoms with E-state index in [1.807, 2.05) is 50.2 Å². The number of aromatic nitrogens is 1. The van der Waals surface area contributed by atoms with Crippen molar-refractivity contribution < 1.29 is 17.6 Å². The average molecular weight is 475 g/mol. The van der Waals surface area contributed by atoms with Crippen LogP contribution in [-0.4, -0.2) is 72.1 Å². The SMILES string of the molecule is CCN(CC)S(=O)(=O)N1CCN(C(=O)c2sc(-c3ccco3)nc2-c2ccccc2)CC1. The van der Waals surface area contributed by atoms with Crippen molar-refractivity contribution in [3.05, 3.63) is 53.6 Å². The molecular weight excluding hydrogens is 448 g/mol. The van der Waals surface area contributed by atoms with Crippen LogP contribution in [0, 0.1) is 0 Å². The number of amides is 1. The molecule has 1 aliphatic heterocycles. The van der Waals surface area contributed by atoms with E-state index in [9.17, 15) is 13.2 Å². The molecule has 32 heavy (non-hydrogen) atoms. The lowest BCUT2D eigenvalue weighted by atomic mass is 10.1. The number of furan rings is 1. The molecule has 3 heterocycles. The first-order chi connectivity index (χ1) is 15.5. The van der Waals surface area contributed by atoms with Gasteiger partial charge in [-0.2, -0.15) is 17.0 Å². The van der Waals surface area contributed by atoms with Gasteiger partial charge in [0.05, 0.1) is 12.0 Å². The summed E-state index contributed by atoms with van der Waals surface area (Å²) in [6.45, 7) is 5.72. The Hall–Kier alpha value is -2.53. The number of benzene rings is 1. The first-order valence-corrected chi connectivity index (χ1v) is 12.8. The predicted molar refractivity (Wildman–Crippen MR) is 125 cm³/mol. The molecule has 1 saturated heterocycles. The molecule has 0 bridgehead atoms. The second kappa shape index (κ2) is 9.53. The van der Waals surface area contributed by atoms with Gasteiger partial charge in [-0.15, -0.1) is 11.3 Å². The van der Waals surface area contributed by atoms with Crippen molar-refractivity contribution in [3.8, 4) is 22.0 Å². The van der Waals surface area contributed by atoms with Crippen molar-refractivity contribution in [2.45, 2.75) is 13.8 Å². The number of piperazine rings is 1. The highest BCUT2D eigenvalue weighted by atomic mass is 32.2. The van der Waals surface area contributed by atoms with E-state index in [0.29, 0.717) is 47.5 Å². The minimum atomic E-state index is -3.51. The fourth-order valence-corrected chi connectivity index (χ4v) is 6.37. The average Bonchev–Trinajstić information content (AvgIpc) is 3.50. The number of hydrogen-bond donors (Lipinski definition) is 0. The van der Waals surface area contributed by atoms with Crippen molar-refractivity contribution in [1.29, 1.82) is 0 Å². The number of thiazole rings is 1. The fourth-order valence-electron chi connectivity index (χ4n) is 3.74. The Morgan fingerprint density at radius 3 is 2.34 bits per heavy atom. The van der Waals surface area contributed by atoms with Crippen LogP contribution in [0.15, 0.2) is 53.1 Å². The zero-order valence-electron chi connectivity index (χ0n) is 18.1. The van der Waals surface area contributed by atoms with Crippen LogP contribution in [-0.2, 0) is 10.2 Å². The van der Waals surface area contributed by atoms with Gasteiger partial charge < -0.3 is 9.32 Å². The highest BCUT2D eigenvalue weighted by Crippen LogP contribution is 2.35. The third kappa shape index (κ3) is 4.36. The molecule has 10 heteroatoms. The van der Waals surface area contributed by atoms with Gasteiger partial charge in [-0.3, -0.25) is 4.79 Å². The summed E-state index contributed by atoms with van der Waals surface area (Å²) in [4.78, 5) is 20.4. The van der Waals surface area contributed by atoms with Crippen LogP contribution in [0.3, 0.4) is 0 Å². The number of carbonyl (C=O) groups is 1. The minimum Gasteiger partial charge on any atom is -0.462 e. The summed E-state index contributed by atoms with van der Waals surface area (Å²) >= 11 is 1.30. The fraction of sp³-hybridized carbons (Fsp3) is 0.364. The maximum absolute atomic E-state index is 13.5.